The molecule has 0 spiro atoms. The van der Waals surface area contributed by atoms with Gasteiger partial charge in [-0.3, -0.25) is 0 Å². The van der Waals surface area contributed by atoms with E-state index in [1.54, 1.807) is 0 Å². The molecule has 2 atom stereocenters. The van der Waals surface area contributed by atoms with Crippen molar-refractivity contribution in [2.75, 3.05) is 38.1 Å². The lowest BCUT2D eigenvalue weighted by molar-refractivity contribution is 0.337. The largest absolute Gasteiger partial charge is 0.344 e. The predicted octanol–water partition coefficient (Wildman–Crippen LogP) is 2.65. The minimum absolute atomic E-state index is 0.399. The van der Waals surface area contributed by atoms with Gasteiger partial charge >= 0.3 is 0 Å². The van der Waals surface area contributed by atoms with Gasteiger partial charge in [-0.2, -0.15) is 0 Å². The monoisotopic (exact) mass is 296 g/mol. The molecule has 20 heavy (non-hydrogen) atoms. The van der Waals surface area contributed by atoms with Crippen molar-refractivity contribution >= 4 is 16.5 Å². The molecule has 1 fully saturated rings. The van der Waals surface area contributed by atoms with Crippen LogP contribution in [0.5, 0.6) is 0 Å². The summed E-state index contributed by atoms with van der Waals surface area (Å²) in [4.78, 5) is 11.1. The van der Waals surface area contributed by atoms with E-state index in [-0.39, 0.29) is 0 Å². The maximum atomic E-state index is 4.84. The van der Waals surface area contributed by atoms with Crippen LogP contribution in [0.1, 0.15) is 43.8 Å². The van der Waals surface area contributed by atoms with Crippen LogP contribution in [-0.4, -0.2) is 49.2 Å². The fourth-order valence-corrected chi connectivity index (χ4v) is 4.19. The van der Waals surface area contributed by atoms with Gasteiger partial charge in [-0.05, 0) is 47.3 Å². The Kier molecular flexibility index (Phi) is 5.41. The van der Waals surface area contributed by atoms with Crippen LogP contribution in [-0.2, 0) is 0 Å². The highest BCUT2D eigenvalue weighted by molar-refractivity contribution is 7.15. The first-order valence-corrected chi connectivity index (χ1v) is 8.50. The summed E-state index contributed by atoms with van der Waals surface area (Å²) < 4.78 is 0. The van der Waals surface area contributed by atoms with E-state index in [0.29, 0.717) is 12.1 Å². The molecular formula is C15H28N4S. The molecule has 0 aliphatic carbocycles. The van der Waals surface area contributed by atoms with Crippen molar-refractivity contribution in [3.8, 4) is 0 Å². The van der Waals surface area contributed by atoms with Gasteiger partial charge < -0.3 is 15.1 Å². The Hall–Kier alpha value is -0.650. The minimum Gasteiger partial charge on any atom is -0.344 e. The molecule has 114 valence electrons. The minimum atomic E-state index is 0.399. The first kappa shape index (κ1) is 15.7. The first-order chi connectivity index (χ1) is 9.52. The Morgan fingerprint density at radius 2 is 2.20 bits per heavy atom. The molecule has 1 saturated heterocycles. The molecule has 1 aromatic heterocycles. The number of hydrogen-bond acceptors (Lipinski definition) is 5. The lowest BCUT2D eigenvalue weighted by Crippen LogP contribution is -2.37. The standard InChI is InChI=1S/C15H28N4S/c1-6-16-12(3)14-13(4)17-15(20-14)19-9-7-8-18(5)10-11(19)2/h11-12,16H,6-10H2,1-5H3. The van der Waals surface area contributed by atoms with Gasteiger partial charge in [0.15, 0.2) is 5.13 Å². The highest BCUT2D eigenvalue weighted by Gasteiger charge is 2.24. The van der Waals surface area contributed by atoms with E-state index in [4.69, 9.17) is 4.98 Å². The molecule has 0 saturated carbocycles. The van der Waals surface area contributed by atoms with Crippen LogP contribution in [0.25, 0.3) is 0 Å². The van der Waals surface area contributed by atoms with E-state index < -0.39 is 0 Å². The van der Waals surface area contributed by atoms with Crippen LogP contribution in [0.2, 0.25) is 0 Å². The summed E-state index contributed by atoms with van der Waals surface area (Å²) in [6, 6.07) is 0.937. The zero-order valence-electron chi connectivity index (χ0n) is 13.4. The molecule has 0 aromatic carbocycles. The van der Waals surface area contributed by atoms with Gasteiger partial charge in [0.25, 0.3) is 0 Å². The number of aryl methyl sites for hydroxylation is 1. The van der Waals surface area contributed by atoms with E-state index in [1.165, 1.54) is 28.7 Å². The highest BCUT2D eigenvalue weighted by Crippen LogP contribution is 2.32. The van der Waals surface area contributed by atoms with Crippen LogP contribution < -0.4 is 10.2 Å². The van der Waals surface area contributed by atoms with Gasteiger partial charge in [-0.25, -0.2) is 4.98 Å². The Balaban J connectivity index is 2.18. The Morgan fingerprint density at radius 1 is 1.45 bits per heavy atom. The molecule has 0 bridgehead atoms. The van der Waals surface area contributed by atoms with Gasteiger partial charge in [0, 0.05) is 30.1 Å². The van der Waals surface area contributed by atoms with Crippen molar-refractivity contribution in [3.63, 3.8) is 0 Å². The summed E-state index contributed by atoms with van der Waals surface area (Å²) >= 11 is 1.86. The summed E-state index contributed by atoms with van der Waals surface area (Å²) in [6.07, 6.45) is 1.22. The third-order valence-electron chi connectivity index (χ3n) is 4.02. The van der Waals surface area contributed by atoms with Crippen molar-refractivity contribution < 1.29 is 0 Å². The molecule has 4 nitrogen and oxygen atoms in total. The number of hydrogen-bond donors (Lipinski definition) is 1. The average molecular weight is 296 g/mol. The summed E-state index contributed by atoms with van der Waals surface area (Å²) in [7, 11) is 2.21. The van der Waals surface area contributed by atoms with Crippen molar-refractivity contribution in [2.24, 2.45) is 0 Å². The fourth-order valence-electron chi connectivity index (χ4n) is 2.97. The number of thiazole rings is 1. The molecule has 1 aliphatic rings. The summed E-state index contributed by atoms with van der Waals surface area (Å²) in [5, 5.41) is 4.69. The number of aromatic nitrogens is 1. The number of nitrogens with one attached hydrogen (secondary N) is 1. The van der Waals surface area contributed by atoms with Crippen LogP contribution in [0.15, 0.2) is 0 Å². The molecule has 2 unspecified atom stereocenters. The molecule has 0 radical (unpaired) electrons. The smallest absolute Gasteiger partial charge is 0.186 e. The molecule has 1 aromatic rings. The summed E-state index contributed by atoms with van der Waals surface area (Å²) in [6.45, 7) is 13.3. The molecule has 2 rings (SSSR count). The second-order valence-electron chi connectivity index (χ2n) is 5.88. The topological polar surface area (TPSA) is 31.4 Å². The van der Waals surface area contributed by atoms with Gasteiger partial charge in [0.1, 0.15) is 0 Å². The number of rotatable bonds is 4. The quantitative estimate of drug-likeness (QED) is 0.925. The first-order valence-electron chi connectivity index (χ1n) is 7.68. The zero-order chi connectivity index (χ0) is 14.7. The third kappa shape index (κ3) is 3.51. The molecular weight excluding hydrogens is 268 g/mol. The lowest BCUT2D eigenvalue weighted by atomic mass is 10.2. The van der Waals surface area contributed by atoms with E-state index in [2.05, 4.69) is 49.9 Å². The Bertz CT molecular complexity index is 432. The third-order valence-corrected chi connectivity index (χ3v) is 5.39. The average Bonchev–Trinajstić information content (AvgIpc) is 2.67. The summed E-state index contributed by atoms with van der Waals surface area (Å²) in [5.41, 5.74) is 1.18. The van der Waals surface area contributed by atoms with Crippen LogP contribution in [0.4, 0.5) is 5.13 Å². The van der Waals surface area contributed by atoms with Crippen LogP contribution in [0.3, 0.4) is 0 Å². The lowest BCUT2D eigenvalue weighted by Gasteiger charge is -2.27. The van der Waals surface area contributed by atoms with Crippen LogP contribution >= 0.6 is 11.3 Å². The zero-order valence-corrected chi connectivity index (χ0v) is 14.3. The molecule has 1 N–H and O–H groups in total. The van der Waals surface area contributed by atoms with Gasteiger partial charge in [-0.15, -0.1) is 11.3 Å². The van der Waals surface area contributed by atoms with Crippen molar-refractivity contribution in [2.45, 2.75) is 46.2 Å². The van der Waals surface area contributed by atoms with E-state index in [1.807, 2.05) is 11.3 Å². The fraction of sp³-hybridized carbons (Fsp3) is 0.800. The second kappa shape index (κ2) is 6.87. The molecule has 2 heterocycles. The maximum Gasteiger partial charge on any atom is 0.186 e. The highest BCUT2D eigenvalue weighted by atomic mass is 32.1. The molecule has 5 heteroatoms. The van der Waals surface area contributed by atoms with Crippen molar-refractivity contribution in [1.82, 2.24) is 15.2 Å². The van der Waals surface area contributed by atoms with Gasteiger partial charge in [0.05, 0.1) is 5.69 Å². The van der Waals surface area contributed by atoms with Crippen molar-refractivity contribution in [3.05, 3.63) is 10.6 Å². The van der Waals surface area contributed by atoms with Gasteiger partial charge in [0.2, 0.25) is 0 Å². The SMILES string of the molecule is CCNC(C)c1sc(N2CCCN(C)CC2C)nc1C. The van der Waals surface area contributed by atoms with Crippen molar-refractivity contribution in [1.29, 1.82) is 0 Å². The molecule has 1 aliphatic heterocycles. The maximum absolute atomic E-state index is 4.84. The molecule has 0 amide bonds. The second-order valence-corrected chi connectivity index (χ2v) is 6.89. The van der Waals surface area contributed by atoms with Gasteiger partial charge in [-0.1, -0.05) is 6.92 Å². The number of likely N-dealkylation sites (N-methyl/N-ethyl adjacent to an activating group) is 1. The Labute approximate surface area is 127 Å². The normalized spacial score (nSPS) is 22.9. The summed E-state index contributed by atoms with van der Waals surface area (Å²) in [5.74, 6) is 0. The Morgan fingerprint density at radius 3 is 2.90 bits per heavy atom. The number of nitrogens with zero attached hydrogens (tertiary/aromatic N) is 3. The van der Waals surface area contributed by atoms with E-state index >= 15 is 0 Å². The van der Waals surface area contributed by atoms with E-state index in [0.717, 1.165) is 19.6 Å². The number of anilines is 1. The predicted molar refractivity (Wildman–Crippen MR) is 87.9 cm³/mol. The van der Waals surface area contributed by atoms with E-state index in [9.17, 15) is 0 Å². The van der Waals surface area contributed by atoms with Crippen LogP contribution in [0, 0.1) is 6.92 Å².